The average molecular weight is 419 g/mol. The summed E-state index contributed by atoms with van der Waals surface area (Å²) in [5.74, 6) is 2.47. The van der Waals surface area contributed by atoms with Crippen LogP contribution in [0.25, 0.3) is 0 Å². The van der Waals surface area contributed by atoms with Crippen molar-refractivity contribution in [2.45, 2.75) is 33.0 Å². The summed E-state index contributed by atoms with van der Waals surface area (Å²) in [5, 5.41) is 11.5. The number of guanidine groups is 1. The lowest BCUT2D eigenvalue weighted by atomic mass is 10.1. The smallest absolute Gasteiger partial charge is 0.383 e. The fourth-order valence-electron chi connectivity index (χ4n) is 3.37. The summed E-state index contributed by atoms with van der Waals surface area (Å²) in [6, 6.07) is 0. The monoisotopic (exact) mass is 419 g/mol. The molecule has 8 nitrogen and oxygen atoms in total. The Morgan fingerprint density at radius 1 is 1.38 bits per heavy atom. The van der Waals surface area contributed by atoms with Gasteiger partial charge in [-0.15, -0.1) is 10.2 Å². The molecule has 1 fully saturated rings. The highest BCUT2D eigenvalue weighted by Gasteiger charge is 2.33. The number of aromatic nitrogens is 3. The first-order valence-corrected chi connectivity index (χ1v) is 9.89. The second kappa shape index (κ2) is 10.8. The maximum atomic E-state index is 12.7. The highest BCUT2D eigenvalue weighted by Crippen LogP contribution is 2.21. The molecule has 0 amide bonds. The third-order valence-electron chi connectivity index (χ3n) is 5.09. The van der Waals surface area contributed by atoms with Crippen LogP contribution in [-0.4, -0.2) is 89.7 Å². The Hall–Kier alpha value is -1.88. The quantitative estimate of drug-likeness (QED) is 0.371. The van der Waals surface area contributed by atoms with Crippen LogP contribution in [0.3, 0.4) is 0 Å². The number of halogens is 3. The van der Waals surface area contributed by atoms with Gasteiger partial charge in [0.15, 0.2) is 11.8 Å². The van der Waals surface area contributed by atoms with Crippen molar-refractivity contribution in [1.82, 2.24) is 29.9 Å². The van der Waals surface area contributed by atoms with Gasteiger partial charge in [-0.25, -0.2) is 4.99 Å². The van der Waals surface area contributed by atoms with E-state index in [1.54, 1.807) is 14.0 Å². The first-order chi connectivity index (χ1) is 13.7. The second-order valence-electron chi connectivity index (χ2n) is 7.33. The molecule has 0 aromatic carbocycles. The van der Waals surface area contributed by atoms with Crippen LogP contribution in [0.2, 0.25) is 0 Å². The summed E-state index contributed by atoms with van der Waals surface area (Å²) in [4.78, 5) is 8.24. The van der Waals surface area contributed by atoms with Gasteiger partial charge in [0.25, 0.3) is 0 Å². The van der Waals surface area contributed by atoms with Crippen molar-refractivity contribution in [2.75, 3.05) is 53.0 Å². The molecule has 0 saturated carbocycles. The lowest BCUT2D eigenvalue weighted by Crippen LogP contribution is -2.42. The maximum absolute atomic E-state index is 12.7. The van der Waals surface area contributed by atoms with E-state index >= 15 is 0 Å². The first-order valence-electron chi connectivity index (χ1n) is 9.89. The number of methoxy groups -OCH3 is 1. The van der Waals surface area contributed by atoms with Crippen molar-refractivity contribution < 1.29 is 17.9 Å². The maximum Gasteiger partial charge on any atom is 0.401 e. The molecule has 1 unspecified atom stereocenters. The van der Waals surface area contributed by atoms with Gasteiger partial charge >= 0.3 is 6.18 Å². The highest BCUT2D eigenvalue weighted by molar-refractivity contribution is 5.80. The summed E-state index contributed by atoms with van der Waals surface area (Å²) in [6.07, 6.45) is -3.33. The van der Waals surface area contributed by atoms with Gasteiger partial charge in [0, 0.05) is 40.3 Å². The molecule has 1 aromatic rings. The van der Waals surface area contributed by atoms with Gasteiger partial charge in [0.2, 0.25) is 0 Å². The molecule has 11 heteroatoms. The van der Waals surface area contributed by atoms with Gasteiger partial charge in [-0.05, 0) is 25.8 Å². The highest BCUT2D eigenvalue weighted by atomic mass is 19.4. The molecule has 2 rings (SSSR count). The van der Waals surface area contributed by atoms with Crippen molar-refractivity contribution >= 4 is 5.96 Å². The van der Waals surface area contributed by atoms with Crippen LogP contribution in [-0.2, 0) is 18.3 Å². The molecule has 2 heterocycles. The Bertz CT molecular complexity index is 662. The third-order valence-corrected chi connectivity index (χ3v) is 5.09. The number of nitrogens with one attached hydrogen (secondary N) is 1. The fourth-order valence-corrected chi connectivity index (χ4v) is 3.37. The number of rotatable bonds is 9. The summed E-state index contributed by atoms with van der Waals surface area (Å²) >= 11 is 0. The zero-order valence-corrected chi connectivity index (χ0v) is 17.7. The normalized spacial score (nSPS) is 18.1. The van der Waals surface area contributed by atoms with Crippen LogP contribution in [0.15, 0.2) is 4.99 Å². The Balaban J connectivity index is 1.99. The fraction of sp³-hybridized carbons (Fsp3) is 0.833. The van der Waals surface area contributed by atoms with E-state index in [0.29, 0.717) is 39.3 Å². The minimum atomic E-state index is -4.17. The van der Waals surface area contributed by atoms with Crippen molar-refractivity contribution in [3.05, 3.63) is 11.6 Å². The zero-order valence-electron chi connectivity index (χ0n) is 17.7. The van der Waals surface area contributed by atoms with Crippen LogP contribution in [0.4, 0.5) is 13.2 Å². The predicted octanol–water partition coefficient (Wildman–Crippen LogP) is 1.42. The Morgan fingerprint density at radius 3 is 2.72 bits per heavy atom. The molecular weight excluding hydrogens is 387 g/mol. The molecule has 1 saturated heterocycles. The topological polar surface area (TPSA) is 70.8 Å². The number of aryl methyl sites for hydroxylation is 1. The summed E-state index contributed by atoms with van der Waals surface area (Å²) in [5.41, 5.74) is 0. The van der Waals surface area contributed by atoms with Gasteiger partial charge < -0.3 is 19.5 Å². The second-order valence-corrected chi connectivity index (χ2v) is 7.33. The van der Waals surface area contributed by atoms with E-state index in [0.717, 1.165) is 30.6 Å². The molecule has 166 valence electrons. The summed E-state index contributed by atoms with van der Waals surface area (Å²) in [6.45, 7) is 6.54. The largest absolute Gasteiger partial charge is 0.401 e. The molecule has 29 heavy (non-hydrogen) atoms. The lowest BCUT2D eigenvalue weighted by molar-refractivity contribution is -0.146. The van der Waals surface area contributed by atoms with Gasteiger partial charge in [-0.3, -0.25) is 4.90 Å². The van der Waals surface area contributed by atoms with Crippen LogP contribution >= 0.6 is 0 Å². The van der Waals surface area contributed by atoms with E-state index in [1.165, 1.54) is 4.90 Å². The molecule has 0 aliphatic carbocycles. The van der Waals surface area contributed by atoms with E-state index in [4.69, 9.17) is 4.74 Å². The predicted molar refractivity (Wildman–Crippen MR) is 105 cm³/mol. The Kier molecular flexibility index (Phi) is 8.69. The van der Waals surface area contributed by atoms with Crippen molar-refractivity contribution in [1.29, 1.82) is 0 Å². The van der Waals surface area contributed by atoms with Crippen LogP contribution in [0.5, 0.6) is 0 Å². The van der Waals surface area contributed by atoms with E-state index in [2.05, 4.69) is 25.4 Å². The first kappa shape index (κ1) is 23.4. The molecule has 0 bridgehead atoms. The van der Waals surface area contributed by atoms with Crippen molar-refractivity contribution in [3.8, 4) is 0 Å². The molecule has 1 aliphatic rings. The van der Waals surface area contributed by atoms with Crippen molar-refractivity contribution in [3.63, 3.8) is 0 Å². The number of hydrogen-bond acceptors (Lipinski definition) is 5. The molecule has 1 atom stereocenters. The minimum absolute atomic E-state index is 0.170. The number of likely N-dealkylation sites (tertiary alicyclic amines) is 1. The standard InChI is InChI=1S/C18H32F3N7O/c1-5-27(13-18(19,20)21)11-15-6-8-28(12-15)17(22-7-9-29-4)23-10-16-25-24-14(2)26(16)3/h15H,5-13H2,1-4H3,(H,22,23). The minimum Gasteiger partial charge on any atom is -0.383 e. The summed E-state index contributed by atoms with van der Waals surface area (Å²) in [7, 11) is 3.52. The third kappa shape index (κ3) is 7.46. The molecule has 0 spiro atoms. The molecule has 1 N–H and O–H groups in total. The molecule has 1 aliphatic heterocycles. The number of hydrogen-bond donors (Lipinski definition) is 1. The van der Waals surface area contributed by atoms with Gasteiger partial charge in [-0.2, -0.15) is 13.2 Å². The van der Waals surface area contributed by atoms with E-state index in [9.17, 15) is 13.2 Å². The van der Waals surface area contributed by atoms with Crippen LogP contribution in [0, 0.1) is 12.8 Å². The van der Waals surface area contributed by atoms with Crippen molar-refractivity contribution in [2.24, 2.45) is 18.0 Å². The summed E-state index contributed by atoms with van der Waals surface area (Å²) < 4.78 is 45.2. The molecule has 0 radical (unpaired) electrons. The van der Waals surface area contributed by atoms with Gasteiger partial charge in [0.1, 0.15) is 12.4 Å². The molecule has 1 aromatic heterocycles. The average Bonchev–Trinajstić information content (AvgIpc) is 3.24. The van der Waals surface area contributed by atoms with E-state index in [-0.39, 0.29) is 5.92 Å². The molecular formula is C18H32F3N7O. The van der Waals surface area contributed by atoms with E-state index < -0.39 is 12.7 Å². The Labute approximate surface area is 170 Å². The Morgan fingerprint density at radius 2 is 2.14 bits per heavy atom. The number of alkyl halides is 3. The SMILES string of the molecule is CCN(CC1CCN(C(=NCc2nnc(C)n2C)NCCOC)C1)CC(F)(F)F. The van der Waals surface area contributed by atoms with Gasteiger partial charge in [-0.1, -0.05) is 6.92 Å². The number of aliphatic imine (C=N–C) groups is 1. The zero-order chi connectivity index (χ0) is 21.4. The number of nitrogens with zero attached hydrogens (tertiary/aromatic N) is 6. The van der Waals surface area contributed by atoms with Gasteiger partial charge in [0.05, 0.1) is 13.2 Å². The number of ether oxygens (including phenoxy) is 1. The lowest BCUT2D eigenvalue weighted by Gasteiger charge is -2.26. The van der Waals surface area contributed by atoms with E-state index in [1.807, 2.05) is 18.5 Å². The van der Waals surface area contributed by atoms with Crippen LogP contribution in [0.1, 0.15) is 25.0 Å². The van der Waals surface area contributed by atoms with Crippen LogP contribution < -0.4 is 5.32 Å².